The summed E-state index contributed by atoms with van der Waals surface area (Å²) < 4.78 is 23.2. The van der Waals surface area contributed by atoms with Crippen molar-refractivity contribution >= 4 is 26.8 Å². The van der Waals surface area contributed by atoms with E-state index in [-0.39, 0.29) is 5.75 Å². The predicted octanol–water partition coefficient (Wildman–Crippen LogP) is 3.21. The lowest BCUT2D eigenvalue weighted by Crippen LogP contribution is -2.26. The second kappa shape index (κ2) is 6.49. The van der Waals surface area contributed by atoms with E-state index in [0.29, 0.717) is 6.04 Å². The fraction of sp³-hybridized carbons (Fsp3) is 0.444. The molecule has 0 radical (unpaired) electrons. The minimum Gasteiger partial charge on any atom is -0.361 e. The molecule has 0 bridgehead atoms. The summed E-state index contributed by atoms with van der Waals surface area (Å²) in [6.07, 6.45) is 7.34. The lowest BCUT2D eigenvalue weighted by atomic mass is 10.0. The predicted molar refractivity (Wildman–Crippen MR) is 96.1 cm³/mol. The third kappa shape index (κ3) is 3.67. The summed E-state index contributed by atoms with van der Waals surface area (Å²) in [5.41, 5.74) is 3.35. The average molecular weight is 332 g/mol. The number of rotatable bonds is 5. The molecule has 0 saturated carbocycles. The van der Waals surface area contributed by atoms with Gasteiger partial charge in [-0.2, -0.15) is 0 Å². The molecule has 1 atom stereocenters. The summed E-state index contributed by atoms with van der Waals surface area (Å²) in [5, 5.41) is 2.51. The van der Waals surface area contributed by atoms with Crippen LogP contribution in [-0.4, -0.2) is 43.7 Å². The van der Waals surface area contributed by atoms with Gasteiger partial charge in [0.25, 0.3) is 0 Å². The molecule has 124 valence electrons. The van der Waals surface area contributed by atoms with Gasteiger partial charge in [0.1, 0.15) is 0 Å². The van der Waals surface area contributed by atoms with Crippen LogP contribution in [0.5, 0.6) is 0 Å². The van der Waals surface area contributed by atoms with Crippen LogP contribution in [0.15, 0.2) is 29.8 Å². The molecule has 23 heavy (non-hydrogen) atoms. The number of hydrogen-bond acceptors (Lipinski definition) is 3. The van der Waals surface area contributed by atoms with Gasteiger partial charge in [-0.3, -0.25) is 0 Å². The molecule has 1 aromatic heterocycles. The number of hydrogen-bond donors (Lipinski definition) is 1. The molecule has 0 spiro atoms. The van der Waals surface area contributed by atoms with Gasteiger partial charge in [0.05, 0.1) is 5.75 Å². The van der Waals surface area contributed by atoms with Crippen molar-refractivity contribution in [1.29, 1.82) is 0 Å². The normalized spacial score (nSPS) is 20.0. The molecular formula is C18H24N2O2S. The molecule has 2 heterocycles. The Balaban J connectivity index is 1.88. The van der Waals surface area contributed by atoms with E-state index in [1.807, 2.05) is 12.1 Å². The van der Waals surface area contributed by atoms with Gasteiger partial charge in [0.2, 0.25) is 0 Å². The molecule has 1 fully saturated rings. The Labute approximate surface area is 138 Å². The molecule has 2 aromatic rings. The van der Waals surface area contributed by atoms with Gasteiger partial charge in [0.15, 0.2) is 9.84 Å². The number of nitrogens with one attached hydrogen (secondary N) is 1. The van der Waals surface area contributed by atoms with Crippen molar-refractivity contribution in [3.63, 3.8) is 0 Å². The van der Waals surface area contributed by atoms with Crippen LogP contribution in [0, 0.1) is 0 Å². The van der Waals surface area contributed by atoms with E-state index in [1.165, 1.54) is 35.7 Å². The number of fused-ring (bicyclic) bond motifs is 1. The van der Waals surface area contributed by atoms with Crippen molar-refractivity contribution in [2.75, 3.05) is 19.3 Å². The topological polar surface area (TPSA) is 53.2 Å². The van der Waals surface area contributed by atoms with Gasteiger partial charge >= 0.3 is 0 Å². The van der Waals surface area contributed by atoms with Gasteiger partial charge < -0.3 is 9.88 Å². The third-order valence-corrected chi connectivity index (χ3v) is 6.14. The lowest BCUT2D eigenvalue weighted by molar-refractivity contribution is 0.310. The van der Waals surface area contributed by atoms with Gasteiger partial charge in [-0.15, -0.1) is 0 Å². The van der Waals surface area contributed by atoms with E-state index in [2.05, 4.69) is 29.2 Å². The Hall–Kier alpha value is -1.59. The van der Waals surface area contributed by atoms with E-state index in [9.17, 15) is 8.42 Å². The minimum atomic E-state index is -3.09. The molecule has 1 saturated heterocycles. The first-order valence-corrected chi connectivity index (χ1v) is 9.91. The van der Waals surface area contributed by atoms with Crippen LogP contribution in [0.3, 0.4) is 0 Å². The summed E-state index contributed by atoms with van der Waals surface area (Å²) >= 11 is 0. The van der Waals surface area contributed by atoms with Gasteiger partial charge in [-0.25, -0.2) is 8.42 Å². The van der Waals surface area contributed by atoms with Crippen molar-refractivity contribution in [3.8, 4) is 0 Å². The molecule has 0 unspecified atom stereocenters. The molecular weight excluding hydrogens is 308 g/mol. The van der Waals surface area contributed by atoms with Crippen molar-refractivity contribution in [1.82, 2.24) is 9.88 Å². The standard InChI is InChI=1S/C18H24N2O2S/c1-3-23(21,22)10-8-14-6-7-18-17(11-14)15(13-19-18)12-16-5-4-9-20(16)2/h6-8,10-11,13,16,19H,3-5,9,12H2,1-2H3/t16-/m1/s1. The summed E-state index contributed by atoms with van der Waals surface area (Å²) in [4.78, 5) is 5.75. The first-order chi connectivity index (χ1) is 11.0. The highest BCUT2D eigenvalue weighted by atomic mass is 32.2. The van der Waals surface area contributed by atoms with Gasteiger partial charge in [-0.05, 0) is 62.2 Å². The third-order valence-electron chi connectivity index (χ3n) is 4.79. The number of nitrogens with zero attached hydrogens (tertiary/aromatic N) is 1. The maximum atomic E-state index is 11.6. The Kier molecular flexibility index (Phi) is 4.60. The number of benzene rings is 1. The fourth-order valence-corrected chi connectivity index (χ4v) is 3.79. The van der Waals surface area contributed by atoms with Crippen LogP contribution in [0.1, 0.15) is 30.9 Å². The summed E-state index contributed by atoms with van der Waals surface area (Å²) in [6, 6.07) is 6.66. The fourth-order valence-electron chi connectivity index (χ4n) is 3.24. The van der Waals surface area contributed by atoms with Crippen molar-refractivity contribution < 1.29 is 8.42 Å². The first-order valence-electron chi connectivity index (χ1n) is 8.19. The number of sulfone groups is 1. The van der Waals surface area contributed by atoms with E-state index < -0.39 is 9.84 Å². The molecule has 0 amide bonds. The monoisotopic (exact) mass is 332 g/mol. The van der Waals surface area contributed by atoms with Gasteiger partial charge in [-0.1, -0.05) is 13.0 Å². The number of aromatic nitrogens is 1. The van der Waals surface area contributed by atoms with Crippen LogP contribution in [0.2, 0.25) is 0 Å². The second-order valence-electron chi connectivity index (χ2n) is 6.35. The molecule has 1 N–H and O–H groups in total. The highest BCUT2D eigenvalue weighted by molar-refractivity contribution is 7.94. The smallest absolute Gasteiger partial charge is 0.171 e. The van der Waals surface area contributed by atoms with Crippen LogP contribution < -0.4 is 0 Å². The highest BCUT2D eigenvalue weighted by Crippen LogP contribution is 2.26. The zero-order chi connectivity index (χ0) is 16.4. The van der Waals surface area contributed by atoms with Crippen LogP contribution in [-0.2, 0) is 16.3 Å². The zero-order valence-corrected chi connectivity index (χ0v) is 14.6. The maximum absolute atomic E-state index is 11.6. The summed E-state index contributed by atoms with van der Waals surface area (Å²) in [7, 11) is -0.898. The van der Waals surface area contributed by atoms with E-state index >= 15 is 0 Å². The lowest BCUT2D eigenvalue weighted by Gasteiger charge is -2.18. The molecule has 4 nitrogen and oxygen atoms in total. The number of aromatic amines is 1. The zero-order valence-electron chi connectivity index (χ0n) is 13.7. The molecule has 1 aliphatic rings. The molecule has 1 aromatic carbocycles. The Morgan fingerprint density at radius 1 is 1.39 bits per heavy atom. The highest BCUT2D eigenvalue weighted by Gasteiger charge is 2.22. The van der Waals surface area contributed by atoms with Crippen LogP contribution in [0.25, 0.3) is 17.0 Å². The van der Waals surface area contributed by atoms with Crippen LogP contribution in [0.4, 0.5) is 0 Å². The molecule has 1 aliphatic heterocycles. The minimum absolute atomic E-state index is 0.134. The second-order valence-corrected chi connectivity index (χ2v) is 8.53. The summed E-state index contributed by atoms with van der Waals surface area (Å²) in [6.45, 7) is 2.83. The van der Waals surface area contributed by atoms with Crippen molar-refractivity contribution in [2.24, 2.45) is 0 Å². The first kappa shape index (κ1) is 16.3. The molecule has 5 heteroatoms. The summed E-state index contributed by atoms with van der Waals surface area (Å²) in [5.74, 6) is 0.134. The van der Waals surface area contributed by atoms with E-state index in [4.69, 9.17) is 0 Å². The van der Waals surface area contributed by atoms with Crippen molar-refractivity contribution in [3.05, 3.63) is 40.9 Å². The Morgan fingerprint density at radius 3 is 2.91 bits per heavy atom. The Morgan fingerprint density at radius 2 is 2.22 bits per heavy atom. The Bertz CT molecular complexity index is 821. The maximum Gasteiger partial charge on any atom is 0.171 e. The van der Waals surface area contributed by atoms with Crippen LogP contribution >= 0.6 is 0 Å². The van der Waals surface area contributed by atoms with Gasteiger partial charge in [0, 0.05) is 28.5 Å². The SMILES string of the molecule is CCS(=O)(=O)C=Cc1ccc2[nH]cc(C[C@H]3CCCN3C)c2c1. The number of likely N-dealkylation sites (tertiary alicyclic amines) is 1. The van der Waals surface area contributed by atoms with Crippen molar-refractivity contribution in [2.45, 2.75) is 32.2 Å². The molecule has 3 rings (SSSR count). The van der Waals surface area contributed by atoms with E-state index in [0.717, 1.165) is 17.5 Å². The quantitative estimate of drug-likeness (QED) is 0.915. The average Bonchev–Trinajstić information content (AvgIpc) is 3.13. The number of likely N-dealkylation sites (N-methyl/N-ethyl adjacent to an activating group) is 1. The van der Waals surface area contributed by atoms with E-state index in [1.54, 1.807) is 13.0 Å². The molecule has 0 aliphatic carbocycles. The number of H-pyrrole nitrogens is 1. The largest absolute Gasteiger partial charge is 0.361 e.